The van der Waals surface area contributed by atoms with Crippen LogP contribution in [-0.2, 0) is 26.1 Å². The molecule has 21 heavy (non-hydrogen) atoms. The molecule has 13 heteroatoms. The third-order valence-corrected chi connectivity index (χ3v) is 2.07. The Morgan fingerprint density at radius 3 is 1.10 bits per heavy atom. The fourth-order valence-corrected chi connectivity index (χ4v) is 0.902. The summed E-state index contributed by atoms with van der Waals surface area (Å²) in [4.78, 5) is 20.8. The summed E-state index contributed by atoms with van der Waals surface area (Å²) in [6, 6.07) is 0. The molecule has 114 valence electrons. The van der Waals surface area contributed by atoms with Crippen molar-refractivity contribution in [2.75, 3.05) is 0 Å². The second-order valence-electron chi connectivity index (χ2n) is 3.23. The quantitative estimate of drug-likeness (QED) is 0.584. The molecule has 0 unspecified atom stereocenters. The summed E-state index contributed by atoms with van der Waals surface area (Å²) in [5.74, 6) is -2.46. The Kier molecular flexibility index (Phi) is 6.27. The second-order valence-corrected chi connectivity index (χ2v) is 3.23. The Hall–Kier alpha value is -2.69. The van der Waals surface area contributed by atoms with E-state index in [1.54, 1.807) is 0 Å². The Labute approximate surface area is 127 Å². The van der Waals surface area contributed by atoms with E-state index in [1.165, 1.54) is 0 Å². The van der Waals surface area contributed by atoms with Gasteiger partial charge in [0.05, 0.1) is 0 Å². The molecule has 0 atom stereocenters. The molecule has 2 heterocycles. The molecule has 0 aliphatic carbocycles. The van der Waals surface area contributed by atoms with Gasteiger partial charge in [0, 0.05) is 16.5 Å². The number of carbonyl (C=O) groups is 2. The van der Waals surface area contributed by atoms with E-state index in [0.29, 0.717) is 0 Å². The minimum Gasteiger partial charge on any atom is -0.478 e. The smallest absolute Gasteiger partial charge is 0.362 e. The molecule has 0 radical (unpaired) electrons. The van der Waals surface area contributed by atoms with Gasteiger partial charge in [0.15, 0.2) is 0 Å². The molecule has 0 spiro atoms. The minimum absolute atomic E-state index is 0. The van der Waals surface area contributed by atoms with Crippen LogP contribution in [0.15, 0.2) is 66.7 Å². The van der Waals surface area contributed by atoms with Gasteiger partial charge in [-0.1, -0.05) is 13.2 Å². The zero-order valence-electron chi connectivity index (χ0n) is 10.2. The number of carboxylic acids is 2. The number of hydrogen-bond acceptors (Lipinski definition) is 10. The van der Waals surface area contributed by atoms with Gasteiger partial charge in [-0.3, -0.25) is 0 Å². The van der Waals surface area contributed by atoms with Crippen molar-refractivity contribution in [2.45, 2.75) is 11.3 Å². The molecule has 0 saturated carbocycles. The molecule has 0 amide bonds. The van der Waals surface area contributed by atoms with Gasteiger partial charge in [0.25, 0.3) is 0 Å². The predicted octanol–water partition coefficient (Wildman–Crippen LogP) is 1.57. The Morgan fingerprint density at radius 1 is 0.762 bits per heavy atom. The molecule has 0 aromatic heterocycles. The third kappa shape index (κ3) is 3.66. The van der Waals surface area contributed by atoms with Crippen LogP contribution in [0.5, 0.6) is 0 Å². The Balaban J connectivity index is 0.000000364. The summed E-state index contributed by atoms with van der Waals surface area (Å²) in [7, 11) is 0. The molecule has 2 rings (SSSR count). The summed E-state index contributed by atoms with van der Waals surface area (Å²) in [5.41, 5.74) is -3.33. The summed E-state index contributed by atoms with van der Waals surface area (Å²) >= 11 is 0. The van der Waals surface area contributed by atoms with Gasteiger partial charge in [-0.2, -0.15) is 0 Å². The third-order valence-electron chi connectivity index (χ3n) is 2.07. The van der Waals surface area contributed by atoms with E-state index in [-0.39, 0.29) is 16.5 Å². The van der Waals surface area contributed by atoms with Crippen LogP contribution in [0.1, 0.15) is 0 Å². The van der Waals surface area contributed by atoms with Crippen molar-refractivity contribution in [3.8, 4) is 0 Å². The molecule has 0 bridgehead atoms. The summed E-state index contributed by atoms with van der Waals surface area (Å²) in [6.07, 6.45) is 2.13. The van der Waals surface area contributed by atoms with Crippen LogP contribution in [0.2, 0.25) is 0 Å². The van der Waals surface area contributed by atoms with Crippen LogP contribution in [0.25, 0.3) is 0 Å². The summed E-state index contributed by atoms with van der Waals surface area (Å²) < 4.78 is 0. The normalized spacial score (nSPS) is 18.3. The van der Waals surface area contributed by atoms with Crippen LogP contribution in [0.4, 0.5) is 0 Å². The number of carboxylic acid groups (broad SMARTS) is 2. The van der Waals surface area contributed by atoms with Crippen LogP contribution in [0, 0.1) is 0 Å². The average molecular weight is 339 g/mol. The predicted molar refractivity (Wildman–Crippen MR) is 60.6 cm³/mol. The zero-order chi connectivity index (χ0) is 15.2. The van der Waals surface area contributed by atoms with E-state index in [9.17, 15) is 9.59 Å². The Morgan fingerprint density at radius 2 is 1.00 bits per heavy atom. The van der Waals surface area contributed by atoms with E-state index in [0.717, 1.165) is 12.2 Å². The SMILES string of the molecule is C=CC1(C(=O)O)N=NN=N1.C=CC1(C(=O)O)N=NN=N1.[Ni]. The number of nitrogens with zero attached hydrogens (tertiary/aromatic N) is 8. The zero-order valence-corrected chi connectivity index (χ0v) is 11.2. The van der Waals surface area contributed by atoms with Crippen molar-refractivity contribution < 1.29 is 36.3 Å². The first kappa shape index (κ1) is 18.3. The van der Waals surface area contributed by atoms with E-state index in [2.05, 4.69) is 54.5 Å². The van der Waals surface area contributed by atoms with E-state index < -0.39 is 23.3 Å². The number of aliphatic carboxylic acids is 2. The standard InChI is InChI=1S/2C4H4N4O2.Ni/c2*1-2-4(3(9)10)5-7-8-6-4;/h2*2H,1H2,(H,9,10);. The van der Waals surface area contributed by atoms with Crippen molar-refractivity contribution in [3.05, 3.63) is 25.3 Å². The van der Waals surface area contributed by atoms with Crippen molar-refractivity contribution in [3.63, 3.8) is 0 Å². The molecular weight excluding hydrogens is 331 g/mol. The van der Waals surface area contributed by atoms with Gasteiger partial charge in [-0.15, -0.1) is 20.5 Å². The first-order valence-corrected chi connectivity index (χ1v) is 4.84. The molecule has 0 fully saturated rings. The molecule has 2 aliphatic heterocycles. The van der Waals surface area contributed by atoms with Crippen molar-refractivity contribution in [1.82, 2.24) is 0 Å². The molecule has 0 aromatic rings. The topological polar surface area (TPSA) is 173 Å². The number of hydrogen-bond donors (Lipinski definition) is 2. The maximum Gasteiger partial charge on any atom is 0.362 e. The average Bonchev–Trinajstić information content (AvgIpc) is 3.10. The largest absolute Gasteiger partial charge is 0.478 e. The van der Waals surface area contributed by atoms with Crippen LogP contribution in [-0.4, -0.2) is 33.5 Å². The van der Waals surface area contributed by atoms with Gasteiger partial charge < -0.3 is 10.2 Å². The van der Waals surface area contributed by atoms with Gasteiger partial charge in [0.2, 0.25) is 0 Å². The fraction of sp³-hybridized carbons (Fsp3) is 0.250. The monoisotopic (exact) mass is 338 g/mol. The van der Waals surface area contributed by atoms with E-state index >= 15 is 0 Å². The van der Waals surface area contributed by atoms with Crippen LogP contribution in [0.3, 0.4) is 0 Å². The van der Waals surface area contributed by atoms with Crippen molar-refractivity contribution >= 4 is 11.9 Å². The maximum absolute atomic E-state index is 10.4. The first-order chi connectivity index (χ1) is 9.42. The maximum atomic E-state index is 10.4. The fourth-order valence-electron chi connectivity index (χ4n) is 0.902. The van der Waals surface area contributed by atoms with Crippen molar-refractivity contribution in [1.29, 1.82) is 0 Å². The second kappa shape index (κ2) is 7.19. The number of rotatable bonds is 4. The molecule has 2 aliphatic rings. The first-order valence-electron chi connectivity index (χ1n) is 4.84. The molecular formula is C8H8N8NiO4. The summed E-state index contributed by atoms with van der Waals surface area (Å²) in [5, 5.41) is 42.2. The summed E-state index contributed by atoms with van der Waals surface area (Å²) in [6.45, 7) is 6.50. The molecule has 0 saturated heterocycles. The molecule has 12 nitrogen and oxygen atoms in total. The van der Waals surface area contributed by atoms with E-state index in [4.69, 9.17) is 10.2 Å². The van der Waals surface area contributed by atoms with E-state index in [1.807, 2.05) is 0 Å². The van der Waals surface area contributed by atoms with Crippen molar-refractivity contribution in [2.24, 2.45) is 41.4 Å². The molecule has 0 aromatic carbocycles. The van der Waals surface area contributed by atoms with Gasteiger partial charge in [-0.25, -0.2) is 9.59 Å². The van der Waals surface area contributed by atoms with Gasteiger partial charge in [0.1, 0.15) is 0 Å². The molecule has 2 N–H and O–H groups in total. The minimum atomic E-state index is -1.67. The Bertz CT molecular complexity index is 495. The van der Waals surface area contributed by atoms with Gasteiger partial charge >= 0.3 is 23.3 Å². The van der Waals surface area contributed by atoms with Crippen LogP contribution < -0.4 is 0 Å². The van der Waals surface area contributed by atoms with Crippen LogP contribution >= 0.6 is 0 Å². The van der Waals surface area contributed by atoms with Gasteiger partial charge in [-0.05, 0) is 33.0 Å².